The zero-order valence-electron chi connectivity index (χ0n) is 13.2. The van der Waals surface area contributed by atoms with Crippen LogP contribution in [0.2, 0.25) is 0 Å². The zero-order valence-corrected chi connectivity index (χ0v) is 13.2. The zero-order chi connectivity index (χ0) is 15.4. The van der Waals surface area contributed by atoms with Crippen molar-refractivity contribution in [2.45, 2.75) is 46.3 Å². The highest BCUT2D eigenvalue weighted by Crippen LogP contribution is 2.24. The molecule has 1 aromatic carbocycles. The fraction of sp³-hybridized carbons (Fsp3) is 0.471. The molecule has 4 heteroatoms. The lowest BCUT2D eigenvalue weighted by molar-refractivity contribution is 0.242. The van der Waals surface area contributed by atoms with Crippen molar-refractivity contribution in [2.75, 3.05) is 6.54 Å². The molecular weight excluding hydrogens is 262 g/mol. The molecule has 1 aromatic heterocycles. The van der Waals surface area contributed by atoms with Gasteiger partial charge in [-0.15, -0.1) is 0 Å². The lowest BCUT2D eigenvalue weighted by Gasteiger charge is -2.10. The number of ether oxygens (including phenoxy) is 1. The Kier molecular flexibility index (Phi) is 5.02. The Morgan fingerprint density at radius 3 is 2.81 bits per heavy atom. The van der Waals surface area contributed by atoms with E-state index in [0.29, 0.717) is 6.54 Å². The summed E-state index contributed by atoms with van der Waals surface area (Å²) in [5.41, 5.74) is 8.84. The molecule has 2 aromatic rings. The van der Waals surface area contributed by atoms with Gasteiger partial charge in [0.05, 0.1) is 17.1 Å². The van der Waals surface area contributed by atoms with Crippen molar-refractivity contribution in [3.63, 3.8) is 0 Å². The smallest absolute Gasteiger partial charge is 0.121 e. The predicted octanol–water partition coefficient (Wildman–Crippen LogP) is 3.29. The quantitative estimate of drug-likeness (QED) is 0.795. The van der Waals surface area contributed by atoms with E-state index < -0.39 is 0 Å². The second kappa shape index (κ2) is 6.76. The first-order chi connectivity index (χ1) is 10.0. The van der Waals surface area contributed by atoms with E-state index in [0.717, 1.165) is 47.6 Å². The van der Waals surface area contributed by atoms with E-state index in [4.69, 9.17) is 15.5 Å². The van der Waals surface area contributed by atoms with Gasteiger partial charge >= 0.3 is 0 Å². The summed E-state index contributed by atoms with van der Waals surface area (Å²) in [6, 6.07) is 6.09. The van der Waals surface area contributed by atoms with Crippen LogP contribution in [-0.2, 0) is 13.0 Å². The van der Waals surface area contributed by atoms with Crippen LogP contribution in [0.1, 0.15) is 33.0 Å². The minimum Gasteiger partial charge on any atom is -0.491 e. The molecule has 0 bridgehead atoms. The number of aromatic nitrogens is 2. The van der Waals surface area contributed by atoms with Gasteiger partial charge in [-0.25, -0.2) is 4.98 Å². The van der Waals surface area contributed by atoms with Crippen molar-refractivity contribution in [1.82, 2.24) is 9.55 Å². The topological polar surface area (TPSA) is 53.1 Å². The van der Waals surface area contributed by atoms with Gasteiger partial charge < -0.3 is 15.0 Å². The fourth-order valence-corrected chi connectivity index (χ4v) is 2.40. The Morgan fingerprint density at radius 1 is 1.43 bits per heavy atom. The van der Waals surface area contributed by atoms with Gasteiger partial charge in [-0.05, 0) is 45.9 Å². The highest BCUT2D eigenvalue weighted by molar-refractivity contribution is 5.78. The third kappa shape index (κ3) is 3.85. The number of benzene rings is 1. The monoisotopic (exact) mass is 287 g/mol. The molecule has 2 N–H and O–H groups in total. The molecule has 0 aliphatic rings. The van der Waals surface area contributed by atoms with Gasteiger partial charge in [0.2, 0.25) is 0 Å². The van der Waals surface area contributed by atoms with Gasteiger partial charge in [-0.1, -0.05) is 12.2 Å². The maximum atomic E-state index is 5.75. The van der Waals surface area contributed by atoms with Crippen LogP contribution < -0.4 is 10.5 Å². The molecule has 0 fully saturated rings. The van der Waals surface area contributed by atoms with Crippen LogP contribution in [0.25, 0.3) is 11.0 Å². The van der Waals surface area contributed by atoms with Crippen LogP contribution >= 0.6 is 0 Å². The Balaban J connectivity index is 2.42. The van der Waals surface area contributed by atoms with E-state index in [9.17, 15) is 0 Å². The van der Waals surface area contributed by atoms with Crippen molar-refractivity contribution < 1.29 is 4.74 Å². The maximum Gasteiger partial charge on any atom is 0.121 e. The number of nitrogens with zero attached hydrogens (tertiary/aromatic N) is 2. The summed E-state index contributed by atoms with van der Waals surface area (Å²) in [6.45, 7) is 11.6. The first kappa shape index (κ1) is 15.6. The summed E-state index contributed by atoms with van der Waals surface area (Å²) in [4.78, 5) is 4.76. The SMILES string of the molecule is C=C(C)Cn1c(CCCN)nc2cc(OC(C)C)ccc21. The fourth-order valence-electron chi connectivity index (χ4n) is 2.40. The molecule has 0 aliphatic carbocycles. The van der Waals surface area contributed by atoms with Crippen LogP contribution in [0.4, 0.5) is 0 Å². The molecule has 0 unspecified atom stereocenters. The van der Waals surface area contributed by atoms with Gasteiger partial charge in [0.1, 0.15) is 11.6 Å². The molecule has 0 amide bonds. The first-order valence-electron chi connectivity index (χ1n) is 7.51. The molecule has 0 saturated heterocycles. The summed E-state index contributed by atoms with van der Waals surface area (Å²) >= 11 is 0. The largest absolute Gasteiger partial charge is 0.491 e. The van der Waals surface area contributed by atoms with E-state index >= 15 is 0 Å². The Labute approximate surface area is 126 Å². The highest BCUT2D eigenvalue weighted by Gasteiger charge is 2.11. The van der Waals surface area contributed by atoms with E-state index in [2.05, 4.69) is 17.2 Å². The summed E-state index contributed by atoms with van der Waals surface area (Å²) in [5.74, 6) is 1.93. The normalized spacial score (nSPS) is 11.3. The first-order valence-corrected chi connectivity index (χ1v) is 7.51. The average Bonchev–Trinajstić information content (AvgIpc) is 2.72. The molecule has 0 saturated carbocycles. The summed E-state index contributed by atoms with van der Waals surface area (Å²) in [5, 5.41) is 0. The number of rotatable bonds is 7. The number of nitrogens with two attached hydrogens (primary N) is 1. The van der Waals surface area contributed by atoms with Gasteiger partial charge in [-0.3, -0.25) is 0 Å². The van der Waals surface area contributed by atoms with Crippen LogP contribution in [-0.4, -0.2) is 22.2 Å². The number of imidazole rings is 1. The minimum atomic E-state index is 0.164. The maximum absolute atomic E-state index is 5.75. The Morgan fingerprint density at radius 2 is 2.19 bits per heavy atom. The molecule has 0 atom stereocenters. The van der Waals surface area contributed by atoms with Crippen molar-refractivity contribution >= 4 is 11.0 Å². The Hall–Kier alpha value is -1.81. The van der Waals surface area contributed by atoms with E-state index in [1.807, 2.05) is 32.9 Å². The minimum absolute atomic E-state index is 0.164. The van der Waals surface area contributed by atoms with Crippen LogP contribution in [0.3, 0.4) is 0 Å². The molecule has 1 heterocycles. The highest BCUT2D eigenvalue weighted by atomic mass is 16.5. The van der Waals surface area contributed by atoms with Crippen molar-refractivity contribution in [2.24, 2.45) is 5.73 Å². The molecule has 4 nitrogen and oxygen atoms in total. The number of fused-ring (bicyclic) bond motifs is 1. The number of hydrogen-bond donors (Lipinski definition) is 1. The van der Waals surface area contributed by atoms with Crippen molar-refractivity contribution in [3.05, 3.63) is 36.2 Å². The molecule has 2 rings (SSSR count). The third-order valence-electron chi connectivity index (χ3n) is 3.20. The summed E-state index contributed by atoms with van der Waals surface area (Å²) in [6.07, 6.45) is 1.99. The lowest BCUT2D eigenvalue weighted by Crippen LogP contribution is -2.08. The van der Waals surface area contributed by atoms with Crippen LogP contribution in [0.5, 0.6) is 5.75 Å². The predicted molar refractivity (Wildman–Crippen MR) is 87.7 cm³/mol. The Bertz CT molecular complexity index is 628. The van der Waals surface area contributed by atoms with Gasteiger partial charge in [-0.2, -0.15) is 0 Å². The number of hydrogen-bond acceptors (Lipinski definition) is 3. The van der Waals surface area contributed by atoms with Gasteiger partial charge in [0, 0.05) is 19.0 Å². The number of aryl methyl sites for hydroxylation is 1. The second-order valence-electron chi connectivity index (χ2n) is 5.78. The van der Waals surface area contributed by atoms with Gasteiger partial charge in [0.15, 0.2) is 0 Å². The standard InChI is InChI=1S/C17H25N3O/c1-12(2)11-20-16-8-7-14(21-13(3)4)10-15(16)19-17(20)6-5-9-18/h7-8,10,13H,1,5-6,9,11,18H2,2-4H3. The third-order valence-corrected chi connectivity index (χ3v) is 3.20. The molecule has 0 spiro atoms. The van der Waals surface area contributed by atoms with Crippen LogP contribution in [0.15, 0.2) is 30.4 Å². The van der Waals surface area contributed by atoms with Crippen molar-refractivity contribution in [3.8, 4) is 5.75 Å². The van der Waals surface area contributed by atoms with E-state index in [1.54, 1.807) is 0 Å². The van der Waals surface area contributed by atoms with E-state index in [-0.39, 0.29) is 6.10 Å². The van der Waals surface area contributed by atoms with E-state index in [1.165, 1.54) is 0 Å². The second-order valence-corrected chi connectivity index (χ2v) is 5.78. The molecule has 0 aliphatic heterocycles. The summed E-state index contributed by atoms with van der Waals surface area (Å²) < 4.78 is 7.98. The molecule has 21 heavy (non-hydrogen) atoms. The summed E-state index contributed by atoms with van der Waals surface area (Å²) in [7, 11) is 0. The lowest BCUT2D eigenvalue weighted by atomic mass is 10.2. The average molecular weight is 287 g/mol. The van der Waals surface area contributed by atoms with Crippen molar-refractivity contribution in [1.29, 1.82) is 0 Å². The molecule has 0 radical (unpaired) electrons. The molecule has 114 valence electrons. The van der Waals surface area contributed by atoms with Crippen LogP contribution in [0, 0.1) is 0 Å². The number of allylic oxidation sites excluding steroid dienone is 1. The molecular formula is C17H25N3O. The van der Waals surface area contributed by atoms with Gasteiger partial charge in [0.25, 0.3) is 0 Å².